The van der Waals surface area contributed by atoms with E-state index in [0.717, 1.165) is 42.5 Å². The van der Waals surface area contributed by atoms with Gasteiger partial charge in [0.15, 0.2) is 11.0 Å². The molecular weight excluding hydrogens is 396 g/mol. The van der Waals surface area contributed by atoms with Crippen molar-refractivity contribution >= 4 is 29.3 Å². The summed E-state index contributed by atoms with van der Waals surface area (Å²) in [5, 5.41) is 9.95. The van der Waals surface area contributed by atoms with Crippen LogP contribution in [-0.2, 0) is 16.1 Å². The number of thioether (sulfide) groups is 1. The van der Waals surface area contributed by atoms with Crippen molar-refractivity contribution < 1.29 is 9.53 Å². The lowest BCUT2D eigenvalue weighted by Gasteiger charge is -2.23. The Morgan fingerprint density at radius 3 is 2.50 bits per heavy atom. The third kappa shape index (κ3) is 5.27. The molecule has 1 saturated heterocycles. The molecule has 6 nitrogen and oxygen atoms in total. The second kappa shape index (κ2) is 10.3. The van der Waals surface area contributed by atoms with Crippen LogP contribution in [0.25, 0.3) is 11.4 Å². The molecule has 0 N–H and O–H groups in total. The summed E-state index contributed by atoms with van der Waals surface area (Å²) in [6, 6.07) is 7.53. The van der Waals surface area contributed by atoms with Crippen molar-refractivity contribution in [3.63, 3.8) is 0 Å². The molecule has 0 unspecified atom stereocenters. The molecule has 2 heterocycles. The first kappa shape index (κ1) is 21.1. The molecule has 0 aliphatic carbocycles. The zero-order valence-electron chi connectivity index (χ0n) is 16.4. The molecule has 8 heteroatoms. The number of nitrogens with zero attached hydrogens (tertiary/aromatic N) is 4. The lowest BCUT2D eigenvalue weighted by Crippen LogP contribution is -2.37. The second-order valence-corrected chi connectivity index (χ2v) is 8.70. The fourth-order valence-electron chi connectivity index (χ4n) is 3.33. The van der Waals surface area contributed by atoms with Crippen molar-refractivity contribution in [2.24, 2.45) is 0 Å². The van der Waals surface area contributed by atoms with Gasteiger partial charge >= 0.3 is 0 Å². The van der Waals surface area contributed by atoms with Crippen LogP contribution in [0.2, 0.25) is 5.02 Å². The fourth-order valence-corrected chi connectivity index (χ4v) is 4.41. The molecule has 1 atom stereocenters. The quantitative estimate of drug-likeness (QED) is 0.628. The summed E-state index contributed by atoms with van der Waals surface area (Å²) in [6.45, 7) is 4.83. The molecule has 3 rings (SSSR count). The minimum atomic E-state index is -0.207. The summed E-state index contributed by atoms with van der Waals surface area (Å²) in [6.07, 6.45) is 4.60. The highest BCUT2D eigenvalue weighted by molar-refractivity contribution is 8.00. The molecule has 0 bridgehead atoms. The number of likely N-dealkylation sites (tertiary alicyclic amines) is 1. The number of carbonyl (C=O) groups excluding carboxylic acids is 1. The van der Waals surface area contributed by atoms with E-state index in [1.54, 1.807) is 7.11 Å². The highest BCUT2D eigenvalue weighted by atomic mass is 35.5. The predicted octanol–water partition coefficient (Wildman–Crippen LogP) is 4.13. The van der Waals surface area contributed by atoms with Crippen molar-refractivity contribution in [1.29, 1.82) is 0 Å². The third-order valence-corrected chi connectivity index (χ3v) is 6.21. The van der Waals surface area contributed by atoms with Crippen molar-refractivity contribution in [3.8, 4) is 11.4 Å². The van der Waals surface area contributed by atoms with Gasteiger partial charge in [0.1, 0.15) is 0 Å². The van der Waals surface area contributed by atoms with Gasteiger partial charge in [-0.2, -0.15) is 0 Å². The van der Waals surface area contributed by atoms with Gasteiger partial charge in [-0.25, -0.2) is 0 Å². The second-order valence-electron chi connectivity index (χ2n) is 6.96. The van der Waals surface area contributed by atoms with Crippen molar-refractivity contribution in [2.45, 2.75) is 49.6 Å². The standard InChI is InChI=1S/C20H27ClN4O2S/c1-15(19(26)24-11-5-3-4-6-12-24)28-20-23-22-18(25(20)13-14-27-2)16-7-9-17(21)10-8-16/h7-10,15H,3-6,11-14H2,1-2H3/t15-/m0/s1. The number of rotatable bonds is 7. The first-order chi connectivity index (χ1) is 13.6. The molecule has 1 aliphatic heterocycles. The van der Waals surface area contributed by atoms with E-state index in [9.17, 15) is 4.79 Å². The number of hydrogen-bond acceptors (Lipinski definition) is 5. The number of halogens is 1. The largest absolute Gasteiger partial charge is 0.383 e. The topological polar surface area (TPSA) is 60.2 Å². The Morgan fingerprint density at radius 1 is 1.18 bits per heavy atom. The number of methoxy groups -OCH3 is 1. The number of benzene rings is 1. The minimum Gasteiger partial charge on any atom is -0.383 e. The molecule has 0 spiro atoms. The molecular formula is C20H27ClN4O2S. The molecule has 0 radical (unpaired) electrons. The average molecular weight is 423 g/mol. The van der Waals surface area contributed by atoms with Crippen molar-refractivity contribution in [2.75, 3.05) is 26.8 Å². The molecule has 152 valence electrons. The molecule has 2 aromatic rings. The summed E-state index contributed by atoms with van der Waals surface area (Å²) in [4.78, 5) is 14.9. The number of ether oxygens (including phenoxy) is 1. The van der Waals surface area contributed by atoms with Gasteiger partial charge in [-0.1, -0.05) is 36.2 Å². The van der Waals surface area contributed by atoms with Gasteiger partial charge in [0.2, 0.25) is 5.91 Å². The van der Waals surface area contributed by atoms with Crippen LogP contribution in [0, 0.1) is 0 Å². The Balaban J connectivity index is 1.78. The fraction of sp³-hybridized carbons (Fsp3) is 0.550. The highest BCUT2D eigenvalue weighted by Crippen LogP contribution is 2.28. The van der Waals surface area contributed by atoms with E-state index in [1.165, 1.54) is 24.6 Å². The summed E-state index contributed by atoms with van der Waals surface area (Å²) < 4.78 is 7.28. The smallest absolute Gasteiger partial charge is 0.235 e. The van der Waals surface area contributed by atoms with Gasteiger partial charge in [-0.3, -0.25) is 9.36 Å². The van der Waals surface area contributed by atoms with E-state index < -0.39 is 0 Å². The molecule has 1 amide bonds. The Morgan fingerprint density at radius 2 is 1.86 bits per heavy atom. The van der Waals surface area contributed by atoms with Gasteiger partial charge in [-0.05, 0) is 44.0 Å². The summed E-state index contributed by atoms with van der Waals surface area (Å²) in [5.41, 5.74) is 0.936. The van der Waals surface area contributed by atoms with Crippen LogP contribution in [0.1, 0.15) is 32.6 Å². The van der Waals surface area contributed by atoms with Gasteiger partial charge in [0.05, 0.1) is 18.4 Å². The molecule has 1 fully saturated rings. The van der Waals surface area contributed by atoms with E-state index in [-0.39, 0.29) is 11.2 Å². The lowest BCUT2D eigenvalue weighted by atomic mass is 10.2. The Bertz CT molecular complexity index is 773. The maximum absolute atomic E-state index is 12.9. The van der Waals surface area contributed by atoms with Crippen LogP contribution in [0.4, 0.5) is 0 Å². The van der Waals surface area contributed by atoms with Crippen LogP contribution < -0.4 is 0 Å². The predicted molar refractivity (Wildman–Crippen MR) is 113 cm³/mol. The third-order valence-electron chi connectivity index (χ3n) is 4.89. The maximum atomic E-state index is 12.9. The Labute approximate surface area is 175 Å². The molecule has 1 aliphatic rings. The van der Waals surface area contributed by atoms with E-state index >= 15 is 0 Å². The molecule has 0 saturated carbocycles. The van der Waals surface area contributed by atoms with E-state index in [2.05, 4.69) is 10.2 Å². The highest BCUT2D eigenvalue weighted by Gasteiger charge is 2.25. The normalized spacial score (nSPS) is 16.0. The number of hydrogen-bond donors (Lipinski definition) is 0. The summed E-state index contributed by atoms with van der Waals surface area (Å²) in [7, 11) is 1.67. The van der Waals surface area contributed by atoms with Crippen LogP contribution >= 0.6 is 23.4 Å². The number of carbonyl (C=O) groups is 1. The van der Waals surface area contributed by atoms with Gasteiger partial charge in [0.25, 0.3) is 0 Å². The van der Waals surface area contributed by atoms with Crippen LogP contribution in [-0.4, -0.2) is 57.6 Å². The first-order valence-electron chi connectivity index (χ1n) is 9.73. The first-order valence-corrected chi connectivity index (χ1v) is 11.0. The molecule has 1 aromatic carbocycles. The van der Waals surface area contributed by atoms with Crippen LogP contribution in [0.3, 0.4) is 0 Å². The summed E-state index contributed by atoms with van der Waals surface area (Å²) in [5.74, 6) is 0.937. The van der Waals surface area contributed by atoms with Crippen molar-refractivity contribution in [3.05, 3.63) is 29.3 Å². The average Bonchev–Trinajstić information content (AvgIpc) is 2.91. The van der Waals surface area contributed by atoms with Gasteiger partial charge in [0, 0.05) is 30.8 Å². The zero-order valence-corrected chi connectivity index (χ0v) is 18.0. The molecule has 28 heavy (non-hydrogen) atoms. The number of aromatic nitrogens is 3. The van der Waals surface area contributed by atoms with Gasteiger partial charge in [-0.15, -0.1) is 10.2 Å². The van der Waals surface area contributed by atoms with E-state index in [4.69, 9.17) is 16.3 Å². The monoisotopic (exact) mass is 422 g/mol. The minimum absolute atomic E-state index is 0.182. The zero-order chi connectivity index (χ0) is 19.9. The van der Waals surface area contributed by atoms with Crippen LogP contribution in [0.5, 0.6) is 0 Å². The Kier molecular flexibility index (Phi) is 7.76. The van der Waals surface area contributed by atoms with E-state index in [0.29, 0.717) is 18.2 Å². The Hall–Kier alpha value is -1.57. The SMILES string of the molecule is COCCn1c(S[C@@H](C)C(=O)N2CCCCCC2)nnc1-c1ccc(Cl)cc1. The van der Waals surface area contributed by atoms with Crippen LogP contribution in [0.15, 0.2) is 29.4 Å². The molecule has 1 aromatic heterocycles. The number of amides is 1. The maximum Gasteiger partial charge on any atom is 0.235 e. The lowest BCUT2D eigenvalue weighted by molar-refractivity contribution is -0.130. The van der Waals surface area contributed by atoms with Gasteiger partial charge < -0.3 is 9.64 Å². The summed E-state index contributed by atoms with van der Waals surface area (Å²) >= 11 is 7.47. The van der Waals surface area contributed by atoms with Crippen molar-refractivity contribution in [1.82, 2.24) is 19.7 Å². The van der Waals surface area contributed by atoms with E-state index in [1.807, 2.05) is 40.7 Å².